The van der Waals surface area contributed by atoms with Gasteiger partial charge in [0.15, 0.2) is 11.3 Å². The van der Waals surface area contributed by atoms with Crippen LogP contribution in [0.3, 0.4) is 0 Å². The summed E-state index contributed by atoms with van der Waals surface area (Å²) in [5.41, 5.74) is 1.52. The molecule has 106 valence electrons. The zero-order chi connectivity index (χ0) is 14.3. The number of fused-ring (bicyclic) bond motifs is 1. The van der Waals surface area contributed by atoms with Gasteiger partial charge in [0.1, 0.15) is 4.60 Å². The van der Waals surface area contributed by atoms with E-state index >= 15 is 0 Å². The van der Waals surface area contributed by atoms with Gasteiger partial charge in [-0.3, -0.25) is 0 Å². The van der Waals surface area contributed by atoms with Gasteiger partial charge in [-0.2, -0.15) is 5.10 Å². The fraction of sp³-hybridized carbons (Fsp3) is 0.462. The van der Waals surface area contributed by atoms with Crippen molar-refractivity contribution in [3.05, 3.63) is 28.1 Å². The topological polar surface area (TPSA) is 70.7 Å². The maximum absolute atomic E-state index is 11.1. The predicted molar refractivity (Wildman–Crippen MR) is 77.1 cm³/mol. The number of likely N-dealkylation sites (tertiary alicyclic amines) is 1. The third-order valence-electron chi connectivity index (χ3n) is 3.69. The van der Waals surface area contributed by atoms with Crippen molar-refractivity contribution in [3.8, 4) is 0 Å². The molecule has 20 heavy (non-hydrogen) atoms. The summed E-state index contributed by atoms with van der Waals surface area (Å²) in [7, 11) is 2.11. The fourth-order valence-corrected chi connectivity index (χ4v) is 3.20. The first-order chi connectivity index (χ1) is 9.56. The number of hydrogen-bond donors (Lipinski definition) is 1. The van der Waals surface area contributed by atoms with Gasteiger partial charge in [-0.15, -0.1) is 0 Å². The Balaban J connectivity index is 2.01. The highest BCUT2D eigenvalue weighted by Crippen LogP contribution is 2.26. The van der Waals surface area contributed by atoms with Crippen molar-refractivity contribution < 1.29 is 9.90 Å². The van der Waals surface area contributed by atoms with Crippen LogP contribution in [0.15, 0.2) is 16.7 Å². The first-order valence-electron chi connectivity index (χ1n) is 6.53. The number of carboxylic acid groups (broad SMARTS) is 1. The molecule has 1 saturated heterocycles. The van der Waals surface area contributed by atoms with E-state index in [1.165, 1.54) is 0 Å². The Morgan fingerprint density at radius 1 is 1.50 bits per heavy atom. The van der Waals surface area contributed by atoms with Crippen molar-refractivity contribution in [1.82, 2.24) is 19.5 Å². The van der Waals surface area contributed by atoms with Crippen molar-refractivity contribution >= 4 is 27.5 Å². The van der Waals surface area contributed by atoms with Crippen LogP contribution in [0.1, 0.15) is 34.9 Å². The molecule has 0 spiro atoms. The van der Waals surface area contributed by atoms with Crippen LogP contribution in [0.5, 0.6) is 0 Å². The summed E-state index contributed by atoms with van der Waals surface area (Å²) in [6.07, 6.45) is 2.27. The lowest BCUT2D eigenvalue weighted by Crippen LogP contribution is -2.31. The molecule has 7 heteroatoms. The number of aromatic carboxylic acids is 1. The normalized spacial score (nSPS) is 20.4. The van der Waals surface area contributed by atoms with Crippen LogP contribution < -0.4 is 0 Å². The molecule has 0 radical (unpaired) electrons. The molecule has 2 aromatic rings. The first kappa shape index (κ1) is 13.5. The van der Waals surface area contributed by atoms with E-state index in [4.69, 9.17) is 5.11 Å². The summed E-state index contributed by atoms with van der Waals surface area (Å²) in [4.78, 5) is 17.4. The number of likely N-dealkylation sites (N-methyl/N-ethyl adjacent to an activating group) is 1. The SMILES string of the molecule is CN1CCCC(c2ccc3nc(C(=O)O)c(Br)n3n2)C1. The highest BCUT2D eigenvalue weighted by molar-refractivity contribution is 9.10. The van der Waals surface area contributed by atoms with Gasteiger partial charge in [-0.05, 0) is 54.5 Å². The molecule has 1 unspecified atom stereocenters. The highest BCUT2D eigenvalue weighted by atomic mass is 79.9. The van der Waals surface area contributed by atoms with E-state index in [-0.39, 0.29) is 5.69 Å². The molecular weight excluding hydrogens is 324 g/mol. The Morgan fingerprint density at radius 3 is 3.00 bits per heavy atom. The number of piperidine rings is 1. The number of nitrogens with zero attached hydrogens (tertiary/aromatic N) is 4. The Bertz CT molecular complexity index is 670. The number of hydrogen-bond acceptors (Lipinski definition) is 4. The summed E-state index contributed by atoms with van der Waals surface area (Å²) < 4.78 is 1.96. The van der Waals surface area contributed by atoms with Crippen LogP contribution in [0.2, 0.25) is 0 Å². The lowest BCUT2D eigenvalue weighted by molar-refractivity contribution is 0.0690. The van der Waals surface area contributed by atoms with E-state index in [0.717, 1.165) is 31.6 Å². The highest BCUT2D eigenvalue weighted by Gasteiger charge is 2.22. The number of carbonyl (C=O) groups is 1. The van der Waals surface area contributed by atoms with E-state index in [0.29, 0.717) is 16.2 Å². The third-order valence-corrected chi connectivity index (χ3v) is 4.40. The number of aromatic nitrogens is 3. The third kappa shape index (κ3) is 2.31. The van der Waals surface area contributed by atoms with Crippen LogP contribution in [0, 0.1) is 0 Å². The second kappa shape index (κ2) is 5.14. The molecule has 3 rings (SSSR count). The van der Waals surface area contributed by atoms with Crippen molar-refractivity contribution in [2.45, 2.75) is 18.8 Å². The standard InChI is InChI=1S/C13H15BrN4O2/c1-17-6-2-3-8(7-17)9-4-5-10-15-11(13(19)20)12(14)18(10)16-9/h4-5,8H,2-3,6-7H2,1H3,(H,19,20). The number of rotatable bonds is 2. The average molecular weight is 339 g/mol. The van der Waals surface area contributed by atoms with Gasteiger partial charge in [0.05, 0.1) is 5.69 Å². The van der Waals surface area contributed by atoms with Gasteiger partial charge in [-0.25, -0.2) is 14.3 Å². The molecule has 2 aromatic heterocycles. The second-order valence-corrected chi connectivity index (χ2v) is 5.94. The molecule has 0 aliphatic carbocycles. The van der Waals surface area contributed by atoms with Gasteiger partial charge in [-0.1, -0.05) is 0 Å². The van der Waals surface area contributed by atoms with Gasteiger partial charge in [0.2, 0.25) is 0 Å². The molecular formula is C13H15BrN4O2. The number of carboxylic acids is 1. The average Bonchev–Trinajstić information content (AvgIpc) is 2.76. The summed E-state index contributed by atoms with van der Waals surface area (Å²) >= 11 is 3.27. The Hall–Kier alpha value is -1.47. The van der Waals surface area contributed by atoms with Gasteiger partial charge < -0.3 is 10.0 Å². The molecule has 0 amide bonds. The minimum atomic E-state index is -1.05. The van der Waals surface area contributed by atoms with Crippen molar-refractivity contribution in [2.24, 2.45) is 0 Å². The first-order valence-corrected chi connectivity index (χ1v) is 7.32. The van der Waals surface area contributed by atoms with Crippen molar-refractivity contribution in [1.29, 1.82) is 0 Å². The Kier molecular flexibility index (Phi) is 3.47. The van der Waals surface area contributed by atoms with Gasteiger partial charge >= 0.3 is 5.97 Å². The van der Waals surface area contributed by atoms with E-state index in [1.54, 1.807) is 4.52 Å². The zero-order valence-corrected chi connectivity index (χ0v) is 12.7. The van der Waals surface area contributed by atoms with Crippen LogP contribution in [0.25, 0.3) is 5.65 Å². The van der Waals surface area contributed by atoms with E-state index in [9.17, 15) is 4.79 Å². The molecule has 1 aliphatic rings. The van der Waals surface area contributed by atoms with E-state index < -0.39 is 5.97 Å². The van der Waals surface area contributed by atoms with Gasteiger partial charge in [0.25, 0.3) is 0 Å². The molecule has 0 aromatic carbocycles. The minimum Gasteiger partial charge on any atom is -0.476 e. The predicted octanol–water partition coefficient (Wildman–Crippen LogP) is 2.00. The van der Waals surface area contributed by atoms with Gasteiger partial charge in [0, 0.05) is 12.5 Å². The summed E-state index contributed by atoms with van der Waals surface area (Å²) in [6.45, 7) is 2.10. The molecule has 1 N–H and O–H groups in total. The van der Waals surface area contributed by atoms with Crippen LogP contribution >= 0.6 is 15.9 Å². The fourth-order valence-electron chi connectivity index (χ4n) is 2.68. The molecule has 0 bridgehead atoms. The molecule has 6 nitrogen and oxygen atoms in total. The lowest BCUT2D eigenvalue weighted by atomic mass is 9.95. The Labute approximate surface area is 124 Å². The molecule has 1 atom stereocenters. The molecule has 1 fully saturated rings. The summed E-state index contributed by atoms with van der Waals surface area (Å²) in [5.74, 6) is -0.665. The van der Waals surface area contributed by atoms with Crippen LogP contribution in [-0.4, -0.2) is 50.7 Å². The number of halogens is 1. The maximum atomic E-state index is 11.1. The molecule has 0 saturated carbocycles. The smallest absolute Gasteiger partial charge is 0.357 e. The second-order valence-electron chi connectivity index (χ2n) is 5.19. The molecule has 3 heterocycles. The largest absolute Gasteiger partial charge is 0.476 e. The number of imidazole rings is 1. The maximum Gasteiger partial charge on any atom is 0.357 e. The monoisotopic (exact) mass is 338 g/mol. The quantitative estimate of drug-likeness (QED) is 0.906. The zero-order valence-electron chi connectivity index (χ0n) is 11.1. The minimum absolute atomic E-state index is 0.00425. The van der Waals surface area contributed by atoms with Crippen LogP contribution in [-0.2, 0) is 0 Å². The Morgan fingerprint density at radius 2 is 2.30 bits per heavy atom. The summed E-state index contributed by atoms with van der Waals surface area (Å²) in [5, 5.41) is 13.6. The van der Waals surface area contributed by atoms with Crippen molar-refractivity contribution in [3.63, 3.8) is 0 Å². The van der Waals surface area contributed by atoms with E-state index in [2.05, 4.69) is 38.0 Å². The lowest BCUT2D eigenvalue weighted by Gasteiger charge is -2.29. The van der Waals surface area contributed by atoms with Crippen molar-refractivity contribution in [2.75, 3.05) is 20.1 Å². The molecule has 1 aliphatic heterocycles. The van der Waals surface area contributed by atoms with Crippen LogP contribution in [0.4, 0.5) is 0 Å². The van der Waals surface area contributed by atoms with E-state index in [1.807, 2.05) is 12.1 Å². The summed E-state index contributed by atoms with van der Waals surface area (Å²) in [6, 6.07) is 3.78.